The van der Waals surface area contributed by atoms with E-state index in [-0.39, 0.29) is 17.1 Å². The second-order valence-corrected chi connectivity index (χ2v) is 8.27. The SMILES string of the molecule is O=C(OCCCCCCCCCCCCCCCCBr)c1ccc(O)cc1O. The Balaban J connectivity index is 1.86. The van der Waals surface area contributed by atoms with Crippen molar-refractivity contribution in [1.82, 2.24) is 0 Å². The Labute approximate surface area is 178 Å². The van der Waals surface area contributed by atoms with E-state index in [1.165, 1.54) is 89.2 Å². The Bertz CT molecular complexity index is 533. The average Bonchev–Trinajstić information content (AvgIpc) is 2.67. The van der Waals surface area contributed by atoms with Gasteiger partial charge in [-0.15, -0.1) is 0 Å². The van der Waals surface area contributed by atoms with Crippen molar-refractivity contribution in [2.24, 2.45) is 0 Å². The molecule has 1 rings (SSSR count). The van der Waals surface area contributed by atoms with Gasteiger partial charge in [-0.1, -0.05) is 93.0 Å². The van der Waals surface area contributed by atoms with Crippen LogP contribution in [-0.4, -0.2) is 28.1 Å². The normalized spacial score (nSPS) is 10.9. The van der Waals surface area contributed by atoms with Crippen LogP contribution in [0.1, 0.15) is 100 Å². The third-order valence-corrected chi connectivity index (χ3v) is 5.52. The quantitative estimate of drug-likeness (QED) is 0.149. The van der Waals surface area contributed by atoms with Crippen LogP contribution in [0.15, 0.2) is 18.2 Å². The minimum Gasteiger partial charge on any atom is -0.508 e. The van der Waals surface area contributed by atoms with Crippen LogP contribution in [0.2, 0.25) is 0 Å². The first-order valence-corrected chi connectivity index (χ1v) is 12.0. The second kappa shape index (κ2) is 16.7. The average molecular weight is 457 g/mol. The standard InChI is InChI=1S/C23H37BrO4/c24-17-13-11-9-7-5-3-1-2-4-6-8-10-12-14-18-28-23(27)21-16-15-20(25)19-22(21)26/h15-16,19,25-26H,1-14,17-18H2. The maximum atomic E-state index is 11.9. The molecule has 1 aromatic rings. The molecule has 2 N–H and O–H groups in total. The Morgan fingerprint density at radius 3 is 1.68 bits per heavy atom. The van der Waals surface area contributed by atoms with E-state index in [9.17, 15) is 15.0 Å². The molecule has 0 amide bonds. The summed E-state index contributed by atoms with van der Waals surface area (Å²) in [5.41, 5.74) is 0.0942. The molecule has 0 heterocycles. The number of phenols is 2. The second-order valence-electron chi connectivity index (χ2n) is 7.48. The van der Waals surface area contributed by atoms with Gasteiger partial charge < -0.3 is 14.9 Å². The molecular weight excluding hydrogens is 420 g/mol. The number of carbonyl (C=O) groups excluding carboxylic acids is 1. The van der Waals surface area contributed by atoms with Gasteiger partial charge in [0, 0.05) is 11.4 Å². The van der Waals surface area contributed by atoms with E-state index >= 15 is 0 Å². The molecule has 4 nitrogen and oxygen atoms in total. The Morgan fingerprint density at radius 1 is 0.750 bits per heavy atom. The predicted molar refractivity (Wildman–Crippen MR) is 118 cm³/mol. The molecule has 0 saturated heterocycles. The zero-order valence-electron chi connectivity index (χ0n) is 17.1. The van der Waals surface area contributed by atoms with Gasteiger partial charge in [-0.3, -0.25) is 0 Å². The van der Waals surface area contributed by atoms with Crippen molar-refractivity contribution in [1.29, 1.82) is 0 Å². The maximum absolute atomic E-state index is 11.9. The van der Waals surface area contributed by atoms with E-state index in [0.717, 1.165) is 24.2 Å². The fourth-order valence-electron chi connectivity index (χ4n) is 3.25. The van der Waals surface area contributed by atoms with E-state index in [0.29, 0.717) is 6.61 Å². The lowest BCUT2D eigenvalue weighted by Crippen LogP contribution is -2.06. The van der Waals surface area contributed by atoms with Crippen molar-refractivity contribution in [3.05, 3.63) is 23.8 Å². The largest absolute Gasteiger partial charge is 0.508 e. The molecule has 5 heteroatoms. The van der Waals surface area contributed by atoms with Crippen LogP contribution in [-0.2, 0) is 4.74 Å². The molecular formula is C23H37BrO4. The predicted octanol–water partition coefficient (Wildman–Crippen LogP) is 7.11. The minimum absolute atomic E-state index is 0.0741. The van der Waals surface area contributed by atoms with Crippen LogP contribution in [0.4, 0.5) is 0 Å². The van der Waals surface area contributed by atoms with Gasteiger partial charge >= 0.3 is 5.97 Å². The van der Waals surface area contributed by atoms with Crippen LogP contribution in [0, 0.1) is 0 Å². The monoisotopic (exact) mass is 456 g/mol. The summed E-state index contributed by atoms with van der Waals surface area (Å²) in [6.45, 7) is 0.370. The van der Waals surface area contributed by atoms with Gasteiger partial charge in [0.05, 0.1) is 6.61 Å². The smallest absolute Gasteiger partial charge is 0.341 e. The zero-order valence-corrected chi connectivity index (χ0v) is 18.7. The van der Waals surface area contributed by atoms with Gasteiger partial charge in [0.25, 0.3) is 0 Å². The van der Waals surface area contributed by atoms with Crippen molar-refractivity contribution >= 4 is 21.9 Å². The third kappa shape index (κ3) is 12.3. The fraction of sp³-hybridized carbons (Fsp3) is 0.696. The summed E-state index contributed by atoms with van der Waals surface area (Å²) in [7, 11) is 0. The third-order valence-electron chi connectivity index (χ3n) is 4.96. The van der Waals surface area contributed by atoms with Crippen LogP contribution in [0.5, 0.6) is 11.5 Å². The van der Waals surface area contributed by atoms with Crippen molar-refractivity contribution in [3.63, 3.8) is 0 Å². The summed E-state index contributed by atoms with van der Waals surface area (Å²) < 4.78 is 5.18. The molecule has 0 unspecified atom stereocenters. The maximum Gasteiger partial charge on any atom is 0.341 e. The number of phenolic OH excluding ortho intramolecular Hbond substituents is 2. The van der Waals surface area contributed by atoms with Gasteiger partial charge in [-0.05, 0) is 25.0 Å². The molecule has 1 aromatic carbocycles. The molecule has 0 aliphatic carbocycles. The van der Waals surface area contributed by atoms with E-state index in [4.69, 9.17) is 4.74 Å². The lowest BCUT2D eigenvalue weighted by atomic mass is 10.0. The summed E-state index contributed by atoms with van der Waals surface area (Å²) in [5.74, 6) is -0.866. The number of esters is 1. The topological polar surface area (TPSA) is 66.8 Å². The molecule has 0 aromatic heterocycles. The Hall–Kier alpha value is -1.23. The first kappa shape index (κ1) is 24.8. The number of halogens is 1. The van der Waals surface area contributed by atoms with Crippen molar-refractivity contribution < 1.29 is 19.7 Å². The molecule has 0 atom stereocenters. The van der Waals surface area contributed by atoms with Crippen molar-refractivity contribution in [3.8, 4) is 11.5 Å². The molecule has 160 valence electrons. The van der Waals surface area contributed by atoms with Crippen LogP contribution < -0.4 is 0 Å². The molecule has 0 aliphatic heterocycles. The number of ether oxygens (including phenoxy) is 1. The van der Waals surface area contributed by atoms with E-state index in [2.05, 4.69) is 15.9 Å². The number of alkyl halides is 1. The molecule has 0 fully saturated rings. The summed E-state index contributed by atoms with van der Waals surface area (Å²) in [5, 5.41) is 20.0. The molecule has 0 bridgehead atoms. The van der Waals surface area contributed by atoms with Crippen LogP contribution in [0.3, 0.4) is 0 Å². The zero-order chi connectivity index (χ0) is 20.5. The highest BCUT2D eigenvalue weighted by atomic mass is 79.9. The molecule has 0 spiro atoms. The van der Waals surface area contributed by atoms with Crippen LogP contribution >= 0.6 is 15.9 Å². The Morgan fingerprint density at radius 2 is 1.21 bits per heavy atom. The number of unbranched alkanes of at least 4 members (excludes halogenated alkanes) is 13. The lowest BCUT2D eigenvalue weighted by Gasteiger charge is -2.07. The number of hydrogen-bond acceptors (Lipinski definition) is 4. The number of benzene rings is 1. The number of rotatable bonds is 17. The number of carbonyl (C=O) groups is 1. The highest BCUT2D eigenvalue weighted by Gasteiger charge is 2.12. The van der Waals surface area contributed by atoms with Gasteiger partial charge in [0.15, 0.2) is 0 Å². The van der Waals surface area contributed by atoms with Gasteiger partial charge in [0.2, 0.25) is 0 Å². The first-order chi connectivity index (χ1) is 13.6. The Kier molecular flexibility index (Phi) is 14.8. The van der Waals surface area contributed by atoms with E-state index < -0.39 is 5.97 Å². The van der Waals surface area contributed by atoms with Gasteiger partial charge in [-0.25, -0.2) is 4.79 Å². The summed E-state index contributed by atoms with van der Waals surface area (Å²) in [4.78, 5) is 11.9. The summed E-state index contributed by atoms with van der Waals surface area (Å²) in [6.07, 6.45) is 17.9. The van der Waals surface area contributed by atoms with E-state index in [1.807, 2.05) is 0 Å². The molecule has 0 aliphatic rings. The number of aromatic hydroxyl groups is 2. The molecule has 28 heavy (non-hydrogen) atoms. The van der Waals surface area contributed by atoms with Crippen LogP contribution in [0.25, 0.3) is 0 Å². The molecule has 0 radical (unpaired) electrons. The summed E-state index contributed by atoms with van der Waals surface area (Å²) in [6, 6.07) is 3.88. The van der Waals surface area contributed by atoms with Crippen molar-refractivity contribution in [2.45, 2.75) is 89.9 Å². The van der Waals surface area contributed by atoms with Crippen molar-refractivity contribution in [2.75, 3.05) is 11.9 Å². The lowest BCUT2D eigenvalue weighted by molar-refractivity contribution is 0.0494. The first-order valence-electron chi connectivity index (χ1n) is 10.9. The highest BCUT2D eigenvalue weighted by molar-refractivity contribution is 9.09. The number of hydrogen-bond donors (Lipinski definition) is 2. The van der Waals surface area contributed by atoms with Gasteiger partial charge in [0.1, 0.15) is 17.1 Å². The highest BCUT2D eigenvalue weighted by Crippen LogP contribution is 2.23. The van der Waals surface area contributed by atoms with E-state index in [1.54, 1.807) is 0 Å². The minimum atomic E-state index is -0.541. The summed E-state index contributed by atoms with van der Waals surface area (Å²) >= 11 is 3.47. The fourth-order valence-corrected chi connectivity index (χ4v) is 3.65. The molecule has 0 saturated carbocycles. The van der Waals surface area contributed by atoms with Gasteiger partial charge in [-0.2, -0.15) is 0 Å².